The van der Waals surface area contributed by atoms with Gasteiger partial charge in [-0.2, -0.15) is 0 Å². The highest BCUT2D eigenvalue weighted by Gasteiger charge is 2.23. The fourth-order valence-corrected chi connectivity index (χ4v) is 3.47. The average Bonchev–Trinajstić information content (AvgIpc) is 2.80. The summed E-state index contributed by atoms with van der Waals surface area (Å²) in [7, 11) is 0. The van der Waals surface area contributed by atoms with Crippen LogP contribution < -0.4 is 10.5 Å². The smallest absolute Gasteiger partial charge is 0.131 e. The normalized spacial score (nSPS) is 14.7. The van der Waals surface area contributed by atoms with Crippen LogP contribution in [0.15, 0.2) is 60.8 Å². The first-order chi connectivity index (χ1) is 12.7. The third-order valence-corrected chi connectivity index (χ3v) is 4.63. The van der Waals surface area contributed by atoms with Gasteiger partial charge in [0.25, 0.3) is 0 Å². The lowest BCUT2D eigenvalue weighted by Gasteiger charge is -2.17. The fraction of sp³-hybridized carbons (Fsp3) is 0.136. The van der Waals surface area contributed by atoms with Crippen molar-refractivity contribution in [2.24, 2.45) is 0 Å². The number of nitrogens with zero attached hydrogens (tertiary/aromatic N) is 1. The summed E-state index contributed by atoms with van der Waals surface area (Å²) in [5.41, 5.74) is 12.7. The first-order valence-corrected chi connectivity index (χ1v) is 8.63. The monoisotopic (exact) mass is 346 g/mol. The van der Waals surface area contributed by atoms with Gasteiger partial charge in [-0.05, 0) is 53.5 Å². The van der Waals surface area contributed by atoms with Gasteiger partial charge in [-0.25, -0.2) is 4.39 Å². The Morgan fingerprint density at radius 3 is 2.81 bits per heavy atom. The number of hydrogen-bond acceptors (Lipinski definition) is 3. The zero-order chi connectivity index (χ0) is 18.1. The molecule has 0 saturated heterocycles. The number of benzene rings is 2. The van der Waals surface area contributed by atoms with Gasteiger partial charge in [0.15, 0.2) is 0 Å². The lowest BCUT2D eigenvalue weighted by Crippen LogP contribution is -1.99. The van der Waals surface area contributed by atoms with Gasteiger partial charge in [0.05, 0.1) is 5.69 Å². The molecule has 0 bridgehead atoms. The quantitative estimate of drug-likeness (QED) is 0.660. The molecule has 3 aromatic rings. The summed E-state index contributed by atoms with van der Waals surface area (Å²) in [5.74, 6) is 0.219. The van der Waals surface area contributed by atoms with E-state index in [0.717, 1.165) is 40.0 Å². The highest BCUT2D eigenvalue weighted by molar-refractivity contribution is 6.01. The van der Waals surface area contributed by atoms with Gasteiger partial charge in [0.1, 0.15) is 18.2 Å². The fourth-order valence-electron chi connectivity index (χ4n) is 3.47. The van der Waals surface area contributed by atoms with Crippen LogP contribution in [-0.4, -0.2) is 4.98 Å². The van der Waals surface area contributed by atoms with Gasteiger partial charge in [-0.15, -0.1) is 0 Å². The second kappa shape index (κ2) is 6.64. The van der Waals surface area contributed by atoms with E-state index in [-0.39, 0.29) is 5.82 Å². The molecule has 0 fully saturated rings. The number of allylic oxidation sites excluding steroid dienone is 1. The standard InChI is InChI=1S/C22H19FN2O/c1-2-17(14-5-3-6-16(24)11-14)22-18-7-4-10-25-20(18)13-26-21-12-15(23)8-9-19(21)22/h3-12H,2,13,24H2,1H3/b22-17-. The van der Waals surface area contributed by atoms with Crippen LogP contribution in [0.3, 0.4) is 0 Å². The molecule has 0 amide bonds. The number of pyridine rings is 1. The van der Waals surface area contributed by atoms with Crippen LogP contribution >= 0.6 is 0 Å². The third-order valence-electron chi connectivity index (χ3n) is 4.63. The highest BCUT2D eigenvalue weighted by atomic mass is 19.1. The number of hydrogen-bond donors (Lipinski definition) is 1. The van der Waals surface area contributed by atoms with Crippen LogP contribution in [0.1, 0.15) is 35.7 Å². The van der Waals surface area contributed by atoms with E-state index in [1.165, 1.54) is 12.1 Å². The zero-order valence-electron chi connectivity index (χ0n) is 14.5. The molecule has 0 aliphatic carbocycles. The number of aromatic nitrogens is 1. The Morgan fingerprint density at radius 2 is 2.00 bits per heavy atom. The van der Waals surface area contributed by atoms with Gasteiger partial charge in [0.2, 0.25) is 0 Å². The van der Waals surface area contributed by atoms with Crippen molar-refractivity contribution in [2.45, 2.75) is 20.0 Å². The second-order valence-corrected chi connectivity index (χ2v) is 6.26. The van der Waals surface area contributed by atoms with E-state index >= 15 is 0 Å². The minimum atomic E-state index is -0.316. The number of fused-ring (bicyclic) bond motifs is 2. The van der Waals surface area contributed by atoms with Crippen LogP contribution in [0.25, 0.3) is 11.1 Å². The highest BCUT2D eigenvalue weighted by Crippen LogP contribution is 2.42. The van der Waals surface area contributed by atoms with Crippen molar-refractivity contribution in [1.29, 1.82) is 0 Å². The molecule has 1 aliphatic rings. The maximum absolute atomic E-state index is 13.8. The van der Waals surface area contributed by atoms with Crippen LogP contribution in [0.2, 0.25) is 0 Å². The Bertz CT molecular complexity index is 1010. The minimum Gasteiger partial charge on any atom is -0.487 e. The van der Waals surface area contributed by atoms with Crippen LogP contribution in [0, 0.1) is 5.82 Å². The minimum absolute atomic E-state index is 0.310. The molecule has 4 heteroatoms. The SMILES string of the molecule is CC/C(=C1/c2ccc(F)cc2OCc2ncccc21)c1cccc(N)c1. The second-order valence-electron chi connectivity index (χ2n) is 6.26. The summed E-state index contributed by atoms with van der Waals surface area (Å²) in [4.78, 5) is 4.49. The Morgan fingerprint density at radius 1 is 1.12 bits per heavy atom. The van der Waals surface area contributed by atoms with Crippen molar-refractivity contribution in [3.8, 4) is 5.75 Å². The first-order valence-electron chi connectivity index (χ1n) is 8.63. The number of anilines is 1. The zero-order valence-corrected chi connectivity index (χ0v) is 14.5. The van der Waals surface area contributed by atoms with Gasteiger partial charge in [0, 0.05) is 29.1 Å². The molecule has 1 aromatic heterocycles. The number of rotatable bonds is 2. The van der Waals surface area contributed by atoms with E-state index in [0.29, 0.717) is 18.0 Å². The molecule has 4 rings (SSSR count). The predicted molar refractivity (Wildman–Crippen MR) is 102 cm³/mol. The summed E-state index contributed by atoms with van der Waals surface area (Å²) in [6, 6.07) is 16.5. The Labute approximate surface area is 152 Å². The van der Waals surface area contributed by atoms with Gasteiger partial charge in [-0.1, -0.05) is 25.1 Å². The molecule has 26 heavy (non-hydrogen) atoms. The molecule has 0 atom stereocenters. The predicted octanol–water partition coefficient (Wildman–Crippen LogP) is 5.06. The van der Waals surface area contributed by atoms with Crippen molar-refractivity contribution in [3.05, 3.63) is 89.0 Å². The molecule has 130 valence electrons. The van der Waals surface area contributed by atoms with E-state index in [9.17, 15) is 4.39 Å². The molecular weight excluding hydrogens is 327 g/mol. The summed E-state index contributed by atoms with van der Waals surface area (Å²) in [6.07, 6.45) is 2.55. The van der Waals surface area contributed by atoms with Crippen LogP contribution in [0.5, 0.6) is 5.75 Å². The summed E-state index contributed by atoms with van der Waals surface area (Å²) in [6.45, 7) is 2.42. The average molecular weight is 346 g/mol. The van der Waals surface area contributed by atoms with Crippen molar-refractivity contribution in [1.82, 2.24) is 4.98 Å². The van der Waals surface area contributed by atoms with Crippen molar-refractivity contribution in [3.63, 3.8) is 0 Å². The summed E-state index contributed by atoms with van der Waals surface area (Å²) in [5, 5.41) is 0. The van der Waals surface area contributed by atoms with Gasteiger partial charge < -0.3 is 10.5 Å². The van der Waals surface area contributed by atoms with Crippen molar-refractivity contribution < 1.29 is 9.13 Å². The van der Waals surface area contributed by atoms with E-state index < -0.39 is 0 Å². The lowest BCUT2D eigenvalue weighted by atomic mass is 9.87. The molecule has 0 spiro atoms. The Balaban J connectivity index is 2.07. The summed E-state index contributed by atoms with van der Waals surface area (Å²) < 4.78 is 19.7. The number of nitrogens with two attached hydrogens (primary N) is 1. The Hall–Kier alpha value is -3.14. The summed E-state index contributed by atoms with van der Waals surface area (Å²) >= 11 is 0. The third kappa shape index (κ3) is 2.84. The molecular formula is C22H19FN2O. The van der Waals surface area contributed by atoms with Gasteiger partial charge >= 0.3 is 0 Å². The molecule has 0 unspecified atom stereocenters. The number of nitrogen functional groups attached to an aromatic ring is 1. The van der Waals surface area contributed by atoms with E-state index in [1.54, 1.807) is 12.3 Å². The largest absolute Gasteiger partial charge is 0.487 e. The molecule has 2 aromatic carbocycles. The van der Waals surface area contributed by atoms with E-state index in [2.05, 4.69) is 11.9 Å². The Kier molecular flexibility index (Phi) is 4.17. The maximum Gasteiger partial charge on any atom is 0.131 e. The van der Waals surface area contributed by atoms with Crippen LogP contribution in [0.4, 0.5) is 10.1 Å². The number of halogens is 1. The first kappa shape index (κ1) is 16.3. The van der Waals surface area contributed by atoms with Crippen molar-refractivity contribution in [2.75, 3.05) is 5.73 Å². The molecule has 2 heterocycles. The van der Waals surface area contributed by atoms with Crippen molar-refractivity contribution >= 4 is 16.8 Å². The van der Waals surface area contributed by atoms with Gasteiger partial charge in [-0.3, -0.25) is 4.98 Å². The topological polar surface area (TPSA) is 48.1 Å². The molecule has 1 aliphatic heterocycles. The molecule has 0 saturated carbocycles. The maximum atomic E-state index is 13.8. The molecule has 3 nitrogen and oxygen atoms in total. The number of ether oxygens (including phenoxy) is 1. The molecule has 0 radical (unpaired) electrons. The van der Waals surface area contributed by atoms with E-state index in [1.807, 2.05) is 36.4 Å². The molecule has 2 N–H and O–H groups in total. The van der Waals surface area contributed by atoms with Crippen LogP contribution in [-0.2, 0) is 6.61 Å². The van der Waals surface area contributed by atoms with E-state index in [4.69, 9.17) is 10.5 Å². The lowest BCUT2D eigenvalue weighted by molar-refractivity contribution is 0.301.